The molecule has 1 aliphatic heterocycles. The van der Waals surface area contributed by atoms with E-state index >= 15 is 0 Å². The van der Waals surface area contributed by atoms with Gasteiger partial charge in [0.25, 0.3) is 0 Å². The first kappa shape index (κ1) is 23.4. The minimum Gasteiger partial charge on any atom is -0.496 e. The SMILES string of the molecule is COc1ccccc1C1c2cccn2CCN1C(=O)CN(C(=O)Nc1ccc(C)cc1)C(C)C. The minimum absolute atomic E-state index is 0.0122. The van der Waals surface area contributed by atoms with E-state index in [2.05, 4.69) is 9.88 Å². The Hall–Kier alpha value is -3.74. The third-order valence-corrected chi connectivity index (χ3v) is 6.28. The van der Waals surface area contributed by atoms with Gasteiger partial charge in [-0.05, 0) is 51.1 Å². The molecule has 1 aromatic heterocycles. The van der Waals surface area contributed by atoms with Crippen LogP contribution in [0.15, 0.2) is 66.9 Å². The molecule has 1 atom stereocenters. The highest BCUT2D eigenvalue weighted by Gasteiger charge is 2.35. The smallest absolute Gasteiger partial charge is 0.322 e. The van der Waals surface area contributed by atoms with E-state index < -0.39 is 0 Å². The Morgan fingerprint density at radius 3 is 2.50 bits per heavy atom. The maximum Gasteiger partial charge on any atom is 0.322 e. The Morgan fingerprint density at radius 2 is 1.79 bits per heavy atom. The summed E-state index contributed by atoms with van der Waals surface area (Å²) in [5.41, 5.74) is 3.78. The lowest BCUT2D eigenvalue weighted by Crippen LogP contribution is -2.50. The van der Waals surface area contributed by atoms with Crippen LogP contribution in [0.25, 0.3) is 0 Å². The van der Waals surface area contributed by atoms with E-state index in [0.29, 0.717) is 18.8 Å². The Bertz CT molecular complexity index is 1150. The van der Waals surface area contributed by atoms with Crippen LogP contribution in [0.3, 0.4) is 0 Å². The largest absolute Gasteiger partial charge is 0.496 e. The van der Waals surface area contributed by atoms with Gasteiger partial charge in [0, 0.05) is 42.3 Å². The lowest BCUT2D eigenvalue weighted by atomic mass is 9.98. The molecule has 0 spiro atoms. The number of nitrogens with one attached hydrogen (secondary N) is 1. The first-order valence-electron chi connectivity index (χ1n) is 11.6. The topological polar surface area (TPSA) is 66.8 Å². The average molecular weight is 461 g/mol. The van der Waals surface area contributed by atoms with Crippen LogP contribution in [0.1, 0.15) is 36.7 Å². The van der Waals surface area contributed by atoms with Gasteiger partial charge in [-0.25, -0.2) is 4.79 Å². The number of aromatic nitrogens is 1. The van der Waals surface area contributed by atoms with E-state index in [1.165, 1.54) is 0 Å². The van der Waals surface area contributed by atoms with Crippen LogP contribution in [0, 0.1) is 6.92 Å². The van der Waals surface area contributed by atoms with Gasteiger partial charge >= 0.3 is 6.03 Å². The van der Waals surface area contributed by atoms with Crippen molar-refractivity contribution in [2.75, 3.05) is 25.5 Å². The van der Waals surface area contributed by atoms with Gasteiger partial charge in [-0.15, -0.1) is 0 Å². The Labute approximate surface area is 200 Å². The third kappa shape index (κ3) is 4.78. The molecule has 1 aliphatic rings. The second kappa shape index (κ2) is 10.0. The number of urea groups is 1. The fourth-order valence-electron chi connectivity index (χ4n) is 4.43. The van der Waals surface area contributed by atoms with Crippen molar-refractivity contribution in [2.24, 2.45) is 0 Å². The Balaban J connectivity index is 1.59. The number of methoxy groups -OCH3 is 1. The van der Waals surface area contributed by atoms with E-state index in [4.69, 9.17) is 4.74 Å². The summed E-state index contributed by atoms with van der Waals surface area (Å²) in [6.45, 7) is 7.08. The molecule has 7 nitrogen and oxygen atoms in total. The van der Waals surface area contributed by atoms with Gasteiger partial charge in [0.05, 0.1) is 7.11 Å². The zero-order valence-electron chi connectivity index (χ0n) is 20.2. The first-order chi connectivity index (χ1) is 16.4. The zero-order valence-corrected chi connectivity index (χ0v) is 20.2. The van der Waals surface area contributed by atoms with Crippen LogP contribution in [0.4, 0.5) is 10.5 Å². The lowest BCUT2D eigenvalue weighted by Gasteiger charge is -2.39. The van der Waals surface area contributed by atoms with Gasteiger partial charge in [0.2, 0.25) is 5.91 Å². The summed E-state index contributed by atoms with van der Waals surface area (Å²) in [6.07, 6.45) is 2.04. The molecule has 34 heavy (non-hydrogen) atoms. The van der Waals surface area contributed by atoms with Gasteiger partial charge < -0.3 is 24.4 Å². The maximum absolute atomic E-state index is 13.7. The van der Waals surface area contributed by atoms with Gasteiger partial charge in [0.15, 0.2) is 0 Å². The molecule has 2 aromatic carbocycles. The highest BCUT2D eigenvalue weighted by atomic mass is 16.5. The number of carbonyl (C=O) groups excluding carboxylic acids is 2. The Morgan fingerprint density at radius 1 is 1.06 bits per heavy atom. The van der Waals surface area contributed by atoms with E-state index in [1.807, 2.05) is 92.5 Å². The molecule has 4 rings (SSSR count). The fraction of sp³-hybridized carbons (Fsp3) is 0.333. The van der Waals surface area contributed by atoms with Crippen molar-refractivity contribution in [1.82, 2.24) is 14.4 Å². The highest BCUT2D eigenvalue weighted by Crippen LogP contribution is 2.37. The van der Waals surface area contributed by atoms with Crippen LogP contribution in [0.2, 0.25) is 0 Å². The average Bonchev–Trinajstić information content (AvgIpc) is 3.32. The van der Waals surface area contributed by atoms with Gasteiger partial charge in [-0.1, -0.05) is 35.9 Å². The molecule has 1 unspecified atom stereocenters. The van der Waals surface area contributed by atoms with E-state index in [1.54, 1.807) is 12.0 Å². The monoisotopic (exact) mass is 460 g/mol. The molecule has 0 bridgehead atoms. The molecule has 0 saturated heterocycles. The quantitative estimate of drug-likeness (QED) is 0.581. The van der Waals surface area contributed by atoms with E-state index in [-0.39, 0.29) is 30.6 Å². The normalized spacial score (nSPS) is 15.1. The predicted octanol–water partition coefficient (Wildman–Crippen LogP) is 4.68. The molecule has 3 amide bonds. The summed E-state index contributed by atoms with van der Waals surface area (Å²) >= 11 is 0. The van der Waals surface area contributed by atoms with Crippen molar-refractivity contribution in [2.45, 2.75) is 39.4 Å². The van der Waals surface area contributed by atoms with Gasteiger partial charge in [-0.3, -0.25) is 4.79 Å². The number of anilines is 1. The van der Waals surface area contributed by atoms with Gasteiger partial charge in [-0.2, -0.15) is 0 Å². The summed E-state index contributed by atoms with van der Waals surface area (Å²) in [5.74, 6) is 0.633. The molecular weight excluding hydrogens is 428 g/mol. The van der Waals surface area contributed by atoms with Crippen LogP contribution in [-0.2, 0) is 11.3 Å². The summed E-state index contributed by atoms with van der Waals surface area (Å²) in [5, 5.41) is 2.92. The number of amides is 3. The van der Waals surface area contributed by atoms with Crippen LogP contribution in [0.5, 0.6) is 5.75 Å². The number of nitrogens with zero attached hydrogens (tertiary/aromatic N) is 3. The molecule has 3 aromatic rings. The minimum atomic E-state index is -0.290. The molecule has 178 valence electrons. The van der Waals surface area contributed by atoms with Crippen LogP contribution < -0.4 is 10.1 Å². The van der Waals surface area contributed by atoms with Crippen LogP contribution >= 0.6 is 0 Å². The second-order valence-electron chi connectivity index (χ2n) is 8.88. The summed E-state index contributed by atoms with van der Waals surface area (Å²) < 4.78 is 7.80. The fourth-order valence-corrected chi connectivity index (χ4v) is 4.43. The van der Waals surface area contributed by atoms with Crippen molar-refractivity contribution >= 4 is 17.6 Å². The molecule has 0 fully saturated rings. The molecule has 0 radical (unpaired) electrons. The first-order valence-corrected chi connectivity index (χ1v) is 11.6. The number of aryl methyl sites for hydroxylation is 1. The third-order valence-electron chi connectivity index (χ3n) is 6.28. The number of para-hydroxylation sites is 1. The number of hydrogen-bond donors (Lipinski definition) is 1. The van der Waals surface area contributed by atoms with Crippen molar-refractivity contribution < 1.29 is 14.3 Å². The molecule has 1 N–H and O–H groups in total. The number of rotatable bonds is 6. The number of fused-ring (bicyclic) bond motifs is 1. The van der Waals surface area contributed by atoms with E-state index in [9.17, 15) is 9.59 Å². The predicted molar refractivity (Wildman–Crippen MR) is 133 cm³/mol. The number of benzene rings is 2. The van der Waals surface area contributed by atoms with Gasteiger partial charge in [0.1, 0.15) is 18.3 Å². The second-order valence-corrected chi connectivity index (χ2v) is 8.88. The standard InChI is InChI=1S/C27H32N4O3/c1-19(2)31(27(33)28-21-13-11-20(3)12-14-21)18-25(32)30-17-16-29-15-7-9-23(29)26(30)22-8-5-6-10-24(22)34-4/h5-15,19,26H,16-18H2,1-4H3,(H,28,33). The van der Waals surface area contributed by atoms with Crippen molar-refractivity contribution in [1.29, 1.82) is 0 Å². The Kier molecular flexibility index (Phi) is 6.91. The maximum atomic E-state index is 13.7. The van der Waals surface area contributed by atoms with Crippen molar-refractivity contribution in [3.8, 4) is 5.75 Å². The lowest BCUT2D eigenvalue weighted by molar-refractivity contribution is -0.134. The summed E-state index contributed by atoms with van der Waals surface area (Å²) in [7, 11) is 1.64. The molecular formula is C27H32N4O3. The molecule has 7 heteroatoms. The summed E-state index contributed by atoms with van der Waals surface area (Å²) in [4.78, 5) is 30.2. The van der Waals surface area contributed by atoms with Crippen molar-refractivity contribution in [3.05, 3.63) is 83.7 Å². The zero-order chi connectivity index (χ0) is 24.2. The van der Waals surface area contributed by atoms with Crippen LogP contribution in [-0.4, -0.2) is 52.5 Å². The highest BCUT2D eigenvalue weighted by molar-refractivity contribution is 5.92. The van der Waals surface area contributed by atoms with Crippen molar-refractivity contribution in [3.63, 3.8) is 0 Å². The number of ether oxygens (including phenoxy) is 1. The number of carbonyl (C=O) groups is 2. The molecule has 0 saturated carbocycles. The molecule has 0 aliphatic carbocycles. The number of hydrogen-bond acceptors (Lipinski definition) is 3. The van der Waals surface area contributed by atoms with E-state index in [0.717, 1.165) is 22.6 Å². The molecule has 2 heterocycles. The summed E-state index contributed by atoms with van der Waals surface area (Å²) in [6, 6.07) is 18.7.